The number of hydrogen-bond acceptors (Lipinski definition) is 4. The van der Waals surface area contributed by atoms with Gasteiger partial charge < -0.3 is 10.1 Å². The molecule has 1 aromatic carbocycles. The third-order valence-electron chi connectivity index (χ3n) is 3.98. The monoisotopic (exact) mass is 311 g/mol. The van der Waals surface area contributed by atoms with Gasteiger partial charge in [-0.05, 0) is 18.4 Å². The van der Waals surface area contributed by atoms with Gasteiger partial charge in [-0.2, -0.15) is 0 Å². The molecular weight excluding hydrogens is 294 g/mol. The lowest BCUT2D eigenvalue weighted by molar-refractivity contribution is -0.116. The van der Waals surface area contributed by atoms with Crippen LogP contribution in [0.4, 0.5) is 5.69 Å². The molecule has 0 saturated heterocycles. The molecule has 0 saturated carbocycles. The Hall–Kier alpha value is -2.76. The highest BCUT2D eigenvalue weighted by Crippen LogP contribution is 2.20. The average Bonchev–Trinajstić information content (AvgIpc) is 3.00. The smallest absolute Gasteiger partial charge is 0.277 e. The van der Waals surface area contributed by atoms with Crippen molar-refractivity contribution in [3.63, 3.8) is 0 Å². The van der Waals surface area contributed by atoms with Crippen LogP contribution < -0.4 is 10.9 Å². The van der Waals surface area contributed by atoms with Gasteiger partial charge in [0.25, 0.3) is 5.56 Å². The molecular formula is C17H17N3O3. The van der Waals surface area contributed by atoms with E-state index in [1.165, 1.54) is 10.8 Å². The fourth-order valence-electron chi connectivity index (χ4n) is 2.77. The zero-order valence-electron chi connectivity index (χ0n) is 12.6. The molecule has 2 heterocycles. The van der Waals surface area contributed by atoms with Gasteiger partial charge in [0.2, 0.25) is 5.91 Å². The first-order chi connectivity index (χ1) is 11.2. The van der Waals surface area contributed by atoms with E-state index in [0.717, 1.165) is 11.8 Å². The maximum atomic E-state index is 12.4. The molecule has 23 heavy (non-hydrogen) atoms. The fourth-order valence-corrected chi connectivity index (χ4v) is 2.77. The van der Waals surface area contributed by atoms with Gasteiger partial charge in [-0.25, -0.2) is 4.98 Å². The predicted octanol–water partition coefficient (Wildman–Crippen LogP) is 1.50. The van der Waals surface area contributed by atoms with Gasteiger partial charge in [0, 0.05) is 12.8 Å². The molecule has 1 amide bonds. The Labute approximate surface area is 133 Å². The summed E-state index contributed by atoms with van der Waals surface area (Å²) in [4.78, 5) is 39.6. The van der Waals surface area contributed by atoms with E-state index in [1.54, 1.807) is 0 Å². The van der Waals surface area contributed by atoms with Crippen molar-refractivity contribution in [2.45, 2.75) is 31.7 Å². The minimum atomic E-state index is -0.480. The lowest BCUT2D eigenvalue weighted by Gasteiger charge is -2.10. The number of amides is 1. The van der Waals surface area contributed by atoms with Crippen LogP contribution in [0.2, 0.25) is 0 Å². The Morgan fingerprint density at radius 1 is 1.35 bits per heavy atom. The van der Waals surface area contributed by atoms with Crippen LogP contribution in [0.25, 0.3) is 0 Å². The molecule has 1 aliphatic rings. The van der Waals surface area contributed by atoms with Crippen LogP contribution in [-0.2, 0) is 22.4 Å². The number of fused-ring (bicyclic) bond motifs is 1. The Balaban J connectivity index is 1.70. The van der Waals surface area contributed by atoms with E-state index in [-0.39, 0.29) is 23.6 Å². The van der Waals surface area contributed by atoms with Crippen LogP contribution in [0.1, 0.15) is 30.3 Å². The van der Waals surface area contributed by atoms with E-state index < -0.39 is 6.04 Å². The van der Waals surface area contributed by atoms with Crippen LogP contribution in [0, 0.1) is 0 Å². The molecule has 0 spiro atoms. The highest BCUT2D eigenvalue weighted by molar-refractivity contribution is 5.90. The quantitative estimate of drug-likeness (QED) is 0.849. The lowest BCUT2D eigenvalue weighted by Crippen LogP contribution is -2.29. The topological polar surface area (TPSA) is 81.1 Å². The summed E-state index contributed by atoms with van der Waals surface area (Å²) in [7, 11) is 0. The number of aryl methyl sites for hydroxylation is 2. The first-order valence-electron chi connectivity index (χ1n) is 7.58. The van der Waals surface area contributed by atoms with Crippen LogP contribution >= 0.6 is 0 Å². The van der Waals surface area contributed by atoms with E-state index in [2.05, 4.69) is 10.3 Å². The summed E-state index contributed by atoms with van der Waals surface area (Å²) in [6.45, 7) is 0. The number of nitrogens with one attached hydrogen (secondary N) is 1. The maximum absolute atomic E-state index is 12.4. The van der Waals surface area contributed by atoms with Gasteiger partial charge in [0.1, 0.15) is 17.8 Å². The van der Waals surface area contributed by atoms with Crippen LogP contribution in [0.3, 0.4) is 0 Å². The first kappa shape index (κ1) is 15.1. The normalized spacial score (nSPS) is 15.9. The van der Waals surface area contributed by atoms with Gasteiger partial charge in [-0.1, -0.05) is 30.3 Å². The first-order valence-corrected chi connectivity index (χ1v) is 7.58. The van der Waals surface area contributed by atoms with Crippen molar-refractivity contribution < 1.29 is 9.59 Å². The van der Waals surface area contributed by atoms with Crippen molar-refractivity contribution in [1.29, 1.82) is 0 Å². The van der Waals surface area contributed by atoms with E-state index >= 15 is 0 Å². The molecule has 1 atom stereocenters. The summed E-state index contributed by atoms with van der Waals surface area (Å²) in [5.41, 5.74) is 0.825. The molecule has 1 N–H and O–H groups in total. The highest BCUT2D eigenvalue weighted by atomic mass is 16.2. The van der Waals surface area contributed by atoms with Crippen molar-refractivity contribution in [1.82, 2.24) is 9.55 Å². The molecule has 118 valence electrons. The zero-order chi connectivity index (χ0) is 16.2. The second-order valence-electron chi connectivity index (χ2n) is 5.54. The number of benzene rings is 1. The lowest BCUT2D eigenvalue weighted by atomic mass is 10.1. The summed E-state index contributed by atoms with van der Waals surface area (Å²) < 4.78 is 1.37. The van der Waals surface area contributed by atoms with E-state index in [1.807, 2.05) is 30.3 Å². The van der Waals surface area contributed by atoms with E-state index in [4.69, 9.17) is 0 Å². The van der Waals surface area contributed by atoms with E-state index in [9.17, 15) is 14.4 Å². The summed E-state index contributed by atoms with van der Waals surface area (Å²) in [5.74, 6) is 0.350. The van der Waals surface area contributed by atoms with Crippen LogP contribution in [0.15, 0.2) is 41.3 Å². The molecule has 0 aliphatic carbocycles. The molecule has 0 bridgehead atoms. The number of carbonyl (C=O) groups excluding carboxylic acids is 2. The number of hydrogen-bond donors (Lipinski definition) is 1. The molecule has 0 unspecified atom stereocenters. The Morgan fingerprint density at radius 2 is 2.13 bits per heavy atom. The number of anilines is 1. The molecule has 6 nitrogen and oxygen atoms in total. The molecule has 3 rings (SSSR count). The van der Waals surface area contributed by atoms with Gasteiger partial charge in [-0.3, -0.25) is 14.2 Å². The third-order valence-corrected chi connectivity index (χ3v) is 3.98. The largest absolute Gasteiger partial charge is 0.320 e. The summed E-state index contributed by atoms with van der Waals surface area (Å²) in [5, 5.41) is 2.60. The zero-order valence-corrected chi connectivity index (χ0v) is 12.6. The Bertz CT molecular complexity index is 783. The van der Waals surface area contributed by atoms with Gasteiger partial charge in [0.15, 0.2) is 0 Å². The summed E-state index contributed by atoms with van der Waals surface area (Å²) in [6.07, 6.45) is 4.19. The standard InChI is InChI=1S/C17H17N3O3/c21-11-13-7-8-15-18-10-14(17(23)20(13)15)19-16(22)9-6-12-4-2-1-3-5-12/h1-5,10-11,13H,6-9H2,(H,19,22)/t13-/m0/s1. The fraction of sp³-hybridized carbons (Fsp3) is 0.294. The molecule has 0 radical (unpaired) electrons. The maximum Gasteiger partial charge on any atom is 0.277 e. The number of rotatable bonds is 5. The van der Waals surface area contributed by atoms with Crippen LogP contribution in [-0.4, -0.2) is 21.7 Å². The molecule has 6 heteroatoms. The average molecular weight is 311 g/mol. The number of carbonyl (C=O) groups is 2. The number of aromatic nitrogens is 2. The Morgan fingerprint density at radius 3 is 2.87 bits per heavy atom. The van der Waals surface area contributed by atoms with E-state index in [0.29, 0.717) is 25.1 Å². The van der Waals surface area contributed by atoms with Crippen molar-refractivity contribution in [3.8, 4) is 0 Å². The van der Waals surface area contributed by atoms with Crippen molar-refractivity contribution >= 4 is 17.9 Å². The molecule has 0 fully saturated rings. The molecule has 1 aliphatic heterocycles. The predicted molar refractivity (Wildman–Crippen MR) is 85.3 cm³/mol. The third kappa shape index (κ3) is 3.21. The summed E-state index contributed by atoms with van der Waals surface area (Å²) >= 11 is 0. The number of nitrogens with zero attached hydrogens (tertiary/aromatic N) is 2. The van der Waals surface area contributed by atoms with Gasteiger partial charge >= 0.3 is 0 Å². The SMILES string of the molecule is O=C[C@@H]1CCc2ncc(NC(=O)CCc3ccccc3)c(=O)n21. The molecule has 1 aromatic heterocycles. The van der Waals surface area contributed by atoms with Gasteiger partial charge in [-0.15, -0.1) is 0 Å². The Kier molecular flexibility index (Phi) is 4.32. The van der Waals surface area contributed by atoms with Crippen LogP contribution in [0.5, 0.6) is 0 Å². The highest BCUT2D eigenvalue weighted by Gasteiger charge is 2.25. The van der Waals surface area contributed by atoms with Gasteiger partial charge in [0.05, 0.1) is 12.2 Å². The van der Waals surface area contributed by atoms with Crippen molar-refractivity contribution in [3.05, 3.63) is 58.3 Å². The summed E-state index contributed by atoms with van der Waals surface area (Å²) in [6, 6.07) is 9.19. The van der Waals surface area contributed by atoms with Crippen molar-refractivity contribution in [2.24, 2.45) is 0 Å². The minimum Gasteiger partial charge on any atom is -0.320 e. The van der Waals surface area contributed by atoms with Crippen molar-refractivity contribution in [2.75, 3.05) is 5.32 Å². The molecule has 2 aromatic rings. The number of aldehydes is 1. The second kappa shape index (κ2) is 6.56. The second-order valence-corrected chi connectivity index (χ2v) is 5.54. The minimum absolute atomic E-state index is 0.126.